The molecule has 0 atom stereocenters. The molecule has 116 valence electrons. The van der Waals surface area contributed by atoms with Crippen molar-refractivity contribution in [3.8, 4) is 6.07 Å². The number of amides is 1. The summed E-state index contributed by atoms with van der Waals surface area (Å²) in [6.07, 6.45) is 1.39. The van der Waals surface area contributed by atoms with E-state index in [2.05, 4.69) is 10.6 Å². The topological polar surface area (TPSA) is 64.9 Å². The van der Waals surface area contributed by atoms with E-state index in [4.69, 9.17) is 16.9 Å². The molecule has 0 aliphatic rings. The molecule has 2 aromatic carbocycles. The van der Waals surface area contributed by atoms with E-state index in [1.807, 2.05) is 38.1 Å². The standard InChI is InChI=1S/C18H16ClN3O/c1-12-7-8-15(9-13(12)2)21-11-14(10-20)18(23)22-17-6-4-3-5-16(17)19/h3-9,11,21H,1-2H3,(H,22,23)/b14-11-. The number of benzene rings is 2. The molecule has 0 fully saturated rings. The van der Waals surface area contributed by atoms with Crippen molar-refractivity contribution >= 4 is 28.9 Å². The van der Waals surface area contributed by atoms with Crippen molar-refractivity contribution in [3.63, 3.8) is 0 Å². The highest BCUT2D eigenvalue weighted by atomic mass is 35.5. The fourth-order valence-electron chi connectivity index (χ4n) is 1.89. The van der Waals surface area contributed by atoms with Crippen molar-refractivity contribution in [2.75, 3.05) is 10.6 Å². The highest BCUT2D eigenvalue weighted by molar-refractivity contribution is 6.33. The predicted molar refractivity (Wildman–Crippen MR) is 93.3 cm³/mol. The number of nitrogens with zero attached hydrogens (tertiary/aromatic N) is 1. The molecule has 0 saturated heterocycles. The van der Waals surface area contributed by atoms with Gasteiger partial charge in [0.15, 0.2) is 0 Å². The number of hydrogen-bond acceptors (Lipinski definition) is 3. The summed E-state index contributed by atoms with van der Waals surface area (Å²) in [5, 5.41) is 15.2. The zero-order chi connectivity index (χ0) is 16.8. The molecule has 0 unspecified atom stereocenters. The normalized spacial score (nSPS) is 10.8. The quantitative estimate of drug-likeness (QED) is 0.646. The van der Waals surface area contributed by atoms with Crippen molar-refractivity contribution in [2.24, 2.45) is 0 Å². The average Bonchev–Trinajstić information content (AvgIpc) is 2.53. The van der Waals surface area contributed by atoms with Crippen molar-refractivity contribution in [2.45, 2.75) is 13.8 Å². The Balaban J connectivity index is 2.12. The largest absolute Gasteiger partial charge is 0.360 e. The lowest BCUT2D eigenvalue weighted by molar-refractivity contribution is -0.112. The van der Waals surface area contributed by atoms with E-state index in [1.54, 1.807) is 24.3 Å². The summed E-state index contributed by atoms with van der Waals surface area (Å²) in [7, 11) is 0. The van der Waals surface area contributed by atoms with Gasteiger partial charge in [0.05, 0.1) is 10.7 Å². The number of nitrogens with one attached hydrogen (secondary N) is 2. The molecule has 1 amide bonds. The van der Waals surface area contributed by atoms with Gasteiger partial charge in [-0.25, -0.2) is 0 Å². The average molecular weight is 326 g/mol. The summed E-state index contributed by atoms with van der Waals surface area (Å²) < 4.78 is 0. The smallest absolute Gasteiger partial charge is 0.267 e. The molecule has 5 heteroatoms. The molecule has 0 aliphatic carbocycles. The van der Waals surface area contributed by atoms with Crippen molar-refractivity contribution in [1.82, 2.24) is 0 Å². The summed E-state index contributed by atoms with van der Waals surface area (Å²) in [6.45, 7) is 4.02. The van der Waals surface area contributed by atoms with E-state index in [9.17, 15) is 4.79 Å². The van der Waals surface area contributed by atoms with Gasteiger partial charge >= 0.3 is 0 Å². The highest BCUT2D eigenvalue weighted by Crippen LogP contribution is 2.21. The van der Waals surface area contributed by atoms with Gasteiger partial charge in [0.1, 0.15) is 11.6 Å². The van der Waals surface area contributed by atoms with Crippen LogP contribution in [0.5, 0.6) is 0 Å². The van der Waals surface area contributed by atoms with Gasteiger partial charge in [-0.05, 0) is 49.2 Å². The van der Waals surface area contributed by atoms with E-state index < -0.39 is 5.91 Å². The Labute approximate surface area is 140 Å². The summed E-state index contributed by atoms with van der Waals surface area (Å²) in [5.74, 6) is -0.517. The molecule has 0 spiro atoms. The Morgan fingerprint density at radius 3 is 2.57 bits per heavy atom. The number of anilines is 2. The second-order valence-electron chi connectivity index (χ2n) is 5.05. The third-order valence-electron chi connectivity index (χ3n) is 3.38. The highest BCUT2D eigenvalue weighted by Gasteiger charge is 2.10. The van der Waals surface area contributed by atoms with Crippen LogP contribution in [-0.4, -0.2) is 5.91 Å². The number of para-hydroxylation sites is 1. The van der Waals surface area contributed by atoms with E-state index in [-0.39, 0.29) is 5.57 Å². The fraction of sp³-hybridized carbons (Fsp3) is 0.111. The van der Waals surface area contributed by atoms with Gasteiger partial charge in [-0.2, -0.15) is 5.26 Å². The lowest BCUT2D eigenvalue weighted by Gasteiger charge is -2.07. The molecule has 2 N–H and O–H groups in total. The number of rotatable bonds is 4. The minimum atomic E-state index is -0.517. The molecule has 0 aliphatic heterocycles. The third kappa shape index (κ3) is 4.35. The summed E-state index contributed by atoms with van der Waals surface area (Å²) in [6, 6.07) is 14.6. The molecule has 4 nitrogen and oxygen atoms in total. The van der Waals surface area contributed by atoms with E-state index >= 15 is 0 Å². The first-order valence-corrected chi connectivity index (χ1v) is 7.39. The number of nitriles is 1. The third-order valence-corrected chi connectivity index (χ3v) is 3.71. The van der Waals surface area contributed by atoms with Crippen molar-refractivity contribution < 1.29 is 4.79 Å². The minimum absolute atomic E-state index is 0.0388. The van der Waals surface area contributed by atoms with Crippen LogP contribution in [0.1, 0.15) is 11.1 Å². The van der Waals surface area contributed by atoms with Crippen LogP contribution < -0.4 is 10.6 Å². The zero-order valence-corrected chi connectivity index (χ0v) is 13.6. The van der Waals surface area contributed by atoms with Crippen molar-refractivity contribution in [3.05, 3.63) is 70.4 Å². The molecule has 0 aromatic heterocycles. The molecule has 2 aromatic rings. The molecule has 0 radical (unpaired) electrons. The number of carbonyl (C=O) groups is 1. The van der Waals surface area contributed by atoms with Crippen LogP contribution in [0.25, 0.3) is 0 Å². The van der Waals surface area contributed by atoms with Crippen LogP contribution in [0.15, 0.2) is 54.2 Å². The fourth-order valence-corrected chi connectivity index (χ4v) is 2.07. The Hall–Kier alpha value is -2.77. The first-order chi connectivity index (χ1) is 11.0. The van der Waals surface area contributed by atoms with Gasteiger partial charge in [0.25, 0.3) is 5.91 Å². The Morgan fingerprint density at radius 1 is 1.17 bits per heavy atom. The van der Waals surface area contributed by atoms with Crippen LogP contribution >= 0.6 is 11.6 Å². The summed E-state index contributed by atoms with van der Waals surface area (Å²) >= 11 is 5.99. The number of halogens is 1. The minimum Gasteiger partial charge on any atom is -0.360 e. The van der Waals surface area contributed by atoms with Crippen LogP contribution in [0.4, 0.5) is 11.4 Å². The predicted octanol–water partition coefficient (Wildman–Crippen LogP) is 4.41. The first-order valence-electron chi connectivity index (χ1n) is 7.01. The van der Waals surface area contributed by atoms with Crippen LogP contribution in [0.2, 0.25) is 5.02 Å². The van der Waals surface area contributed by atoms with E-state index in [1.165, 1.54) is 11.8 Å². The second kappa shape index (κ2) is 7.48. The molecule has 0 bridgehead atoms. The Kier molecular flexibility index (Phi) is 5.40. The first kappa shape index (κ1) is 16.6. The monoisotopic (exact) mass is 325 g/mol. The Bertz CT molecular complexity index is 806. The molecule has 2 rings (SSSR count). The maximum atomic E-state index is 12.1. The molecular formula is C18H16ClN3O. The van der Waals surface area contributed by atoms with E-state index in [0.29, 0.717) is 10.7 Å². The second-order valence-corrected chi connectivity index (χ2v) is 5.45. The van der Waals surface area contributed by atoms with Gasteiger partial charge in [0.2, 0.25) is 0 Å². The lowest BCUT2D eigenvalue weighted by Crippen LogP contribution is -2.14. The van der Waals surface area contributed by atoms with Gasteiger partial charge in [-0.1, -0.05) is 29.8 Å². The molecule has 0 saturated carbocycles. The van der Waals surface area contributed by atoms with Gasteiger partial charge in [-0.15, -0.1) is 0 Å². The van der Waals surface area contributed by atoms with Crippen LogP contribution in [0.3, 0.4) is 0 Å². The van der Waals surface area contributed by atoms with E-state index in [0.717, 1.165) is 11.3 Å². The summed E-state index contributed by atoms with van der Waals surface area (Å²) in [5.41, 5.74) is 3.54. The lowest BCUT2D eigenvalue weighted by atomic mass is 10.1. The van der Waals surface area contributed by atoms with Crippen LogP contribution in [-0.2, 0) is 4.79 Å². The molecular weight excluding hydrogens is 310 g/mol. The van der Waals surface area contributed by atoms with Gasteiger partial charge in [0, 0.05) is 11.9 Å². The molecule has 23 heavy (non-hydrogen) atoms. The Morgan fingerprint density at radius 2 is 1.91 bits per heavy atom. The number of hydrogen-bond donors (Lipinski definition) is 2. The van der Waals surface area contributed by atoms with Gasteiger partial charge < -0.3 is 10.6 Å². The maximum Gasteiger partial charge on any atom is 0.267 e. The number of carbonyl (C=O) groups excluding carboxylic acids is 1. The van der Waals surface area contributed by atoms with Crippen LogP contribution in [0, 0.1) is 25.2 Å². The molecule has 0 heterocycles. The maximum absolute atomic E-state index is 12.1. The summed E-state index contributed by atoms with van der Waals surface area (Å²) in [4.78, 5) is 12.1. The van der Waals surface area contributed by atoms with Crippen molar-refractivity contribution in [1.29, 1.82) is 5.26 Å². The van der Waals surface area contributed by atoms with Gasteiger partial charge in [-0.3, -0.25) is 4.79 Å². The zero-order valence-electron chi connectivity index (χ0n) is 12.9. The number of aryl methyl sites for hydroxylation is 2. The SMILES string of the molecule is Cc1ccc(N/C=C(/C#N)C(=O)Nc2ccccc2Cl)cc1C.